The minimum absolute atomic E-state index is 0.150. The summed E-state index contributed by atoms with van der Waals surface area (Å²) in [7, 11) is 1.54. The molecule has 1 aromatic carbocycles. The standard InChI is InChI=1S/C16H22N2O2/c1-5-16(3,20-4)15(19)18-14-9-8-13(7-6-10-17)12(2)11-14/h8-9,11H,5,10,17H2,1-4H3,(H,18,19). The number of rotatable bonds is 4. The Balaban J connectivity index is 2.90. The Bertz CT molecular complexity index is 537. The molecule has 0 saturated carbocycles. The van der Waals surface area contributed by atoms with Crippen LogP contribution in [-0.4, -0.2) is 25.2 Å². The maximum absolute atomic E-state index is 12.2. The summed E-state index contributed by atoms with van der Waals surface area (Å²) in [5.41, 5.74) is 7.20. The van der Waals surface area contributed by atoms with E-state index >= 15 is 0 Å². The molecule has 4 heteroatoms. The number of amides is 1. The highest BCUT2D eigenvalue weighted by Gasteiger charge is 2.30. The summed E-state index contributed by atoms with van der Waals surface area (Å²) in [4.78, 5) is 12.2. The molecule has 0 heterocycles. The number of nitrogens with two attached hydrogens (primary N) is 1. The molecule has 0 aliphatic heterocycles. The van der Waals surface area contributed by atoms with Gasteiger partial charge in [0.25, 0.3) is 5.91 Å². The largest absolute Gasteiger partial charge is 0.369 e. The predicted molar refractivity (Wildman–Crippen MR) is 81.4 cm³/mol. The molecule has 0 aliphatic rings. The average molecular weight is 274 g/mol. The molecule has 0 fully saturated rings. The minimum atomic E-state index is -0.814. The van der Waals surface area contributed by atoms with Crippen molar-refractivity contribution in [1.82, 2.24) is 0 Å². The molecule has 1 unspecified atom stereocenters. The summed E-state index contributed by atoms with van der Waals surface area (Å²) in [6, 6.07) is 5.60. The smallest absolute Gasteiger partial charge is 0.256 e. The fourth-order valence-corrected chi connectivity index (χ4v) is 1.69. The van der Waals surface area contributed by atoms with Gasteiger partial charge in [-0.1, -0.05) is 18.8 Å². The Morgan fingerprint density at radius 1 is 1.50 bits per heavy atom. The number of hydrogen-bond acceptors (Lipinski definition) is 3. The Morgan fingerprint density at radius 2 is 2.20 bits per heavy atom. The SMILES string of the molecule is CCC(C)(OC)C(=O)Nc1ccc(C#CCN)c(C)c1. The van der Waals surface area contributed by atoms with Crippen LogP contribution in [0.3, 0.4) is 0 Å². The third-order valence-electron chi connectivity index (χ3n) is 3.41. The van der Waals surface area contributed by atoms with Crippen LogP contribution >= 0.6 is 0 Å². The van der Waals surface area contributed by atoms with Crippen LogP contribution < -0.4 is 11.1 Å². The van der Waals surface area contributed by atoms with Crippen molar-refractivity contribution in [3.63, 3.8) is 0 Å². The second-order valence-corrected chi connectivity index (χ2v) is 4.78. The topological polar surface area (TPSA) is 64.3 Å². The summed E-state index contributed by atoms with van der Waals surface area (Å²) in [6.07, 6.45) is 0.606. The van der Waals surface area contributed by atoms with E-state index in [9.17, 15) is 4.79 Å². The zero-order valence-electron chi connectivity index (χ0n) is 12.5. The number of methoxy groups -OCH3 is 1. The molecule has 108 valence electrons. The van der Waals surface area contributed by atoms with Gasteiger partial charge < -0.3 is 15.8 Å². The molecule has 0 radical (unpaired) electrons. The molecular weight excluding hydrogens is 252 g/mol. The summed E-state index contributed by atoms with van der Waals surface area (Å²) in [5, 5.41) is 2.87. The number of benzene rings is 1. The lowest BCUT2D eigenvalue weighted by Crippen LogP contribution is -2.41. The second kappa shape index (κ2) is 7.09. The molecule has 4 nitrogen and oxygen atoms in total. The Morgan fingerprint density at radius 3 is 2.70 bits per heavy atom. The van der Waals surface area contributed by atoms with Crippen LogP contribution in [-0.2, 0) is 9.53 Å². The molecule has 3 N–H and O–H groups in total. The lowest BCUT2D eigenvalue weighted by atomic mass is 10.0. The van der Waals surface area contributed by atoms with Gasteiger partial charge in [0, 0.05) is 18.4 Å². The zero-order chi connectivity index (χ0) is 15.2. The van der Waals surface area contributed by atoms with Crippen LogP contribution in [0, 0.1) is 18.8 Å². The van der Waals surface area contributed by atoms with E-state index in [-0.39, 0.29) is 5.91 Å². The second-order valence-electron chi connectivity index (χ2n) is 4.78. The Hall–Kier alpha value is -1.83. The van der Waals surface area contributed by atoms with Gasteiger partial charge in [-0.25, -0.2) is 0 Å². The number of anilines is 1. The van der Waals surface area contributed by atoms with E-state index in [1.807, 2.05) is 32.0 Å². The monoisotopic (exact) mass is 274 g/mol. The third kappa shape index (κ3) is 3.83. The van der Waals surface area contributed by atoms with Crippen molar-refractivity contribution in [3.8, 4) is 11.8 Å². The van der Waals surface area contributed by atoms with Gasteiger partial charge >= 0.3 is 0 Å². The van der Waals surface area contributed by atoms with Crippen molar-refractivity contribution in [1.29, 1.82) is 0 Å². The first-order valence-electron chi connectivity index (χ1n) is 6.63. The van der Waals surface area contributed by atoms with Crippen LogP contribution in [0.25, 0.3) is 0 Å². The summed E-state index contributed by atoms with van der Waals surface area (Å²) in [5.74, 6) is 5.66. The first-order valence-corrected chi connectivity index (χ1v) is 6.63. The Kier molecular flexibility index (Phi) is 5.75. The van der Waals surface area contributed by atoms with E-state index in [0.29, 0.717) is 13.0 Å². The van der Waals surface area contributed by atoms with Crippen molar-refractivity contribution < 1.29 is 9.53 Å². The van der Waals surface area contributed by atoms with Gasteiger partial charge in [-0.3, -0.25) is 4.79 Å². The molecule has 0 aromatic heterocycles. The van der Waals surface area contributed by atoms with Crippen molar-refractivity contribution in [2.24, 2.45) is 5.73 Å². The Labute approximate surface area is 120 Å². The maximum Gasteiger partial charge on any atom is 0.256 e. The molecule has 1 atom stereocenters. The van der Waals surface area contributed by atoms with E-state index in [1.54, 1.807) is 14.0 Å². The average Bonchev–Trinajstić information content (AvgIpc) is 2.45. The van der Waals surface area contributed by atoms with Gasteiger partial charge in [0.1, 0.15) is 5.60 Å². The predicted octanol–water partition coefficient (Wildman–Crippen LogP) is 2.06. The molecule has 0 spiro atoms. The van der Waals surface area contributed by atoms with Crippen molar-refractivity contribution in [2.45, 2.75) is 32.8 Å². The van der Waals surface area contributed by atoms with Crippen molar-refractivity contribution in [3.05, 3.63) is 29.3 Å². The number of ether oxygens (including phenoxy) is 1. The van der Waals surface area contributed by atoms with Crippen LogP contribution in [0.15, 0.2) is 18.2 Å². The highest BCUT2D eigenvalue weighted by atomic mass is 16.5. The quantitative estimate of drug-likeness (QED) is 0.826. The zero-order valence-corrected chi connectivity index (χ0v) is 12.5. The van der Waals surface area contributed by atoms with Crippen LogP contribution in [0.2, 0.25) is 0 Å². The molecule has 0 saturated heterocycles. The fraction of sp³-hybridized carbons (Fsp3) is 0.438. The van der Waals surface area contributed by atoms with Gasteiger partial charge in [0.2, 0.25) is 0 Å². The van der Waals surface area contributed by atoms with E-state index < -0.39 is 5.60 Å². The highest BCUT2D eigenvalue weighted by Crippen LogP contribution is 2.19. The first kappa shape index (κ1) is 16.2. The van der Waals surface area contributed by atoms with Crippen molar-refractivity contribution >= 4 is 11.6 Å². The van der Waals surface area contributed by atoms with E-state index in [4.69, 9.17) is 10.5 Å². The lowest BCUT2D eigenvalue weighted by molar-refractivity contribution is -0.136. The summed E-state index contributed by atoms with van der Waals surface area (Å²) >= 11 is 0. The molecule has 1 aromatic rings. The number of hydrogen-bond donors (Lipinski definition) is 2. The van der Waals surface area contributed by atoms with E-state index in [0.717, 1.165) is 16.8 Å². The van der Waals surface area contributed by atoms with Crippen LogP contribution in [0.1, 0.15) is 31.4 Å². The van der Waals surface area contributed by atoms with Gasteiger partial charge in [-0.2, -0.15) is 0 Å². The first-order chi connectivity index (χ1) is 9.46. The van der Waals surface area contributed by atoms with E-state index in [1.165, 1.54) is 0 Å². The van der Waals surface area contributed by atoms with Crippen LogP contribution in [0.4, 0.5) is 5.69 Å². The number of nitrogens with one attached hydrogen (secondary N) is 1. The number of carbonyl (C=O) groups is 1. The van der Waals surface area contributed by atoms with E-state index in [2.05, 4.69) is 17.2 Å². The van der Waals surface area contributed by atoms with Gasteiger partial charge in [-0.05, 0) is 44.0 Å². The fourth-order valence-electron chi connectivity index (χ4n) is 1.69. The van der Waals surface area contributed by atoms with Gasteiger partial charge in [0.15, 0.2) is 0 Å². The molecule has 1 rings (SSSR count). The molecular formula is C16H22N2O2. The molecule has 0 aliphatic carbocycles. The molecule has 0 bridgehead atoms. The lowest BCUT2D eigenvalue weighted by Gasteiger charge is -2.25. The van der Waals surface area contributed by atoms with Crippen LogP contribution in [0.5, 0.6) is 0 Å². The number of aryl methyl sites for hydroxylation is 1. The van der Waals surface area contributed by atoms with Gasteiger partial charge in [-0.15, -0.1) is 0 Å². The summed E-state index contributed by atoms with van der Waals surface area (Å²) in [6.45, 7) is 5.97. The normalized spacial score (nSPS) is 13.1. The maximum atomic E-state index is 12.2. The minimum Gasteiger partial charge on any atom is -0.369 e. The summed E-state index contributed by atoms with van der Waals surface area (Å²) < 4.78 is 5.28. The highest BCUT2D eigenvalue weighted by molar-refractivity contribution is 5.97. The third-order valence-corrected chi connectivity index (χ3v) is 3.41. The molecule has 1 amide bonds. The van der Waals surface area contributed by atoms with Gasteiger partial charge in [0.05, 0.1) is 6.54 Å². The van der Waals surface area contributed by atoms with Crippen molar-refractivity contribution in [2.75, 3.05) is 19.0 Å². The molecule has 20 heavy (non-hydrogen) atoms. The number of carbonyl (C=O) groups excluding carboxylic acids is 1.